The molecular formula is C18H17BrN4OS. The van der Waals surface area contributed by atoms with Crippen LogP contribution in [-0.2, 0) is 11.3 Å². The molecule has 0 spiro atoms. The Hall–Kier alpha value is -2.25. The lowest BCUT2D eigenvalue weighted by Gasteiger charge is -2.08. The lowest BCUT2D eigenvalue weighted by Crippen LogP contribution is -2.15. The molecule has 0 atom stereocenters. The van der Waals surface area contributed by atoms with Gasteiger partial charge in [0.15, 0.2) is 10.6 Å². The number of carbonyl (C=O) groups excluding carboxylic acids is 1. The minimum atomic E-state index is -0.0692. The van der Waals surface area contributed by atoms with Gasteiger partial charge in [-0.1, -0.05) is 45.8 Å². The molecule has 0 saturated heterocycles. The van der Waals surface area contributed by atoms with E-state index in [-0.39, 0.29) is 5.91 Å². The molecule has 0 aliphatic rings. The van der Waals surface area contributed by atoms with Crippen molar-refractivity contribution in [2.24, 2.45) is 0 Å². The van der Waals surface area contributed by atoms with Gasteiger partial charge in [0, 0.05) is 28.7 Å². The first-order chi connectivity index (χ1) is 12.0. The molecule has 1 aromatic heterocycles. The van der Waals surface area contributed by atoms with Crippen molar-refractivity contribution in [2.75, 3.05) is 5.32 Å². The van der Waals surface area contributed by atoms with E-state index in [0.717, 1.165) is 21.5 Å². The van der Waals surface area contributed by atoms with Crippen LogP contribution in [0.1, 0.15) is 12.0 Å². The number of H-pyrrole nitrogens is 1. The van der Waals surface area contributed by atoms with Gasteiger partial charge in [-0.3, -0.25) is 14.5 Å². The molecule has 0 fully saturated rings. The summed E-state index contributed by atoms with van der Waals surface area (Å²) in [4.78, 5) is 12.2. The van der Waals surface area contributed by atoms with Crippen LogP contribution in [-0.4, -0.2) is 20.7 Å². The molecule has 0 radical (unpaired) electrons. The van der Waals surface area contributed by atoms with E-state index in [2.05, 4.69) is 31.4 Å². The highest BCUT2D eigenvalue weighted by Gasteiger charge is 2.11. The Balaban J connectivity index is 1.70. The van der Waals surface area contributed by atoms with Crippen molar-refractivity contribution in [3.63, 3.8) is 0 Å². The van der Waals surface area contributed by atoms with E-state index in [9.17, 15) is 4.79 Å². The highest BCUT2D eigenvalue weighted by molar-refractivity contribution is 9.10. The summed E-state index contributed by atoms with van der Waals surface area (Å²) in [6.07, 6.45) is 0.308. The zero-order chi connectivity index (χ0) is 17.8. The zero-order valence-corrected chi connectivity index (χ0v) is 16.0. The van der Waals surface area contributed by atoms with Crippen molar-refractivity contribution in [1.29, 1.82) is 0 Å². The number of benzene rings is 2. The molecule has 3 aromatic rings. The summed E-state index contributed by atoms with van der Waals surface area (Å²) in [5, 5.41) is 9.99. The van der Waals surface area contributed by atoms with Gasteiger partial charge >= 0.3 is 0 Å². The number of aromatic amines is 1. The number of nitrogens with one attached hydrogen (secondary N) is 2. The van der Waals surface area contributed by atoms with Crippen molar-refractivity contribution < 1.29 is 4.79 Å². The smallest absolute Gasteiger partial charge is 0.226 e. The van der Waals surface area contributed by atoms with Crippen molar-refractivity contribution in [2.45, 2.75) is 19.9 Å². The van der Waals surface area contributed by atoms with E-state index in [0.29, 0.717) is 17.7 Å². The van der Waals surface area contributed by atoms with Gasteiger partial charge in [-0.25, -0.2) is 0 Å². The first-order valence-corrected chi connectivity index (χ1v) is 9.01. The topological polar surface area (TPSA) is 62.7 Å². The molecule has 25 heavy (non-hydrogen) atoms. The molecule has 0 saturated carbocycles. The molecule has 7 heteroatoms. The van der Waals surface area contributed by atoms with Crippen molar-refractivity contribution in [3.05, 3.63) is 63.3 Å². The van der Waals surface area contributed by atoms with E-state index in [4.69, 9.17) is 12.2 Å². The van der Waals surface area contributed by atoms with Crippen LogP contribution in [0.25, 0.3) is 11.4 Å². The number of hydrogen-bond acceptors (Lipinski definition) is 3. The lowest BCUT2D eigenvalue weighted by molar-refractivity contribution is -0.116. The zero-order valence-electron chi connectivity index (χ0n) is 13.6. The SMILES string of the molecule is Cc1ccc(-c2n[nH]c(=S)n2CCC(=O)Nc2ccc(Br)cc2)cc1. The maximum atomic E-state index is 12.2. The quantitative estimate of drug-likeness (QED) is 0.592. The monoisotopic (exact) mass is 416 g/mol. The summed E-state index contributed by atoms with van der Waals surface area (Å²) in [6.45, 7) is 2.49. The Morgan fingerprint density at radius 2 is 1.88 bits per heavy atom. The van der Waals surface area contributed by atoms with Gasteiger partial charge in [0.05, 0.1) is 0 Å². The Labute approximate surface area is 159 Å². The molecule has 3 rings (SSSR count). The Kier molecular flexibility index (Phi) is 5.45. The fourth-order valence-electron chi connectivity index (χ4n) is 2.42. The summed E-state index contributed by atoms with van der Waals surface area (Å²) >= 11 is 8.68. The summed E-state index contributed by atoms with van der Waals surface area (Å²) in [7, 11) is 0. The van der Waals surface area contributed by atoms with Gasteiger partial charge in [-0.15, -0.1) is 0 Å². The Morgan fingerprint density at radius 1 is 1.20 bits per heavy atom. The molecular weight excluding hydrogens is 400 g/mol. The standard InChI is InChI=1S/C18H17BrN4OS/c1-12-2-4-13(5-3-12)17-21-22-18(25)23(17)11-10-16(24)20-15-8-6-14(19)7-9-15/h2-9H,10-11H2,1H3,(H,20,24)(H,22,25). The second-order valence-corrected chi connectivity index (χ2v) is 6.98. The summed E-state index contributed by atoms with van der Waals surface area (Å²) < 4.78 is 3.33. The number of amides is 1. The fraction of sp³-hybridized carbons (Fsp3) is 0.167. The predicted octanol–water partition coefficient (Wildman–Crippen LogP) is 4.71. The minimum Gasteiger partial charge on any atom is -0.326 e. The number of anilines is 1. The molecule has 2 N–H and O–H groups in total. The third-order valence-electron chi connectivity index (χ3n) is 3.76. The average Bonchev–Trinajstić information content (AvgIpc) is 2.96. The molecule has 5 nitrogen and oxygen atoms in total. The van der Waals surface area contributed by atoms with Crippen LogP contribution in [0, 0.1) is 11.7 Å². The van der Waals surface area contributed by atoms with Gasteiger partial charge in [0.1, 0.15) is 0 Å². The number of carbonyl (C=O) groups is 1. The van der Waals surface area contributed by atoms with Gasteiger partial charge in [0.2, 0.25) is 5.91 Å². The number of aromatic nitrogens is 3. The summed E-state index contributed by atoms with van der Waals surface area (Å²) in [5.41, 5.74) is 2.91. The largest absolute Gasteiger partial charge is 0.326 e. The number of nitrogens with zero attached hydrogens (tertiary/aromatic N) is 2. The van der Waals surface area contributed by atoms with Gasteiger partial charge in [-0.2, -0.15) is 5.10 Å². The van der Waals surface area contributed by atoms with E-state index >= 15 is 0 Å². The van der Waals surface area contributed by atoms with Crippen molar-refractivity contribution in [3.8, 4) is 11.4 Å². The highest BCUT2D eigenvalue weighted by atomic mass is 79.9. The van der Waals surface area contributed by atoms with Crippen LogP contribution in [0.15, 0.2) is 53.0 Å². The highest BCUT2D eigenvalue weighted by Crippen LogP contribution is 2.19. The van der Waals surface area contributed by atoms with Crippen molar-refractivity contribution in [1.82, 2.24) is 14.8 Å². The van der Waals surface area contributed by atoms with Crippen LogP contribution in [0.5, 0.6) is 0 Å². The maximum Gasteiger partial charge on any atom is 0.226 e. The van der Waals surface area contributed by atoms with E-state index in [1.165, 1.54) is 5.56 Å². The predicted molar refractivity (Wildman–Crippen MR) is 105 cm³/mol. The number of rotatable bonds is 5. The second-order valence-electron chi connectivity index (χ2n) is 5.68. The number of halogens is 1. The summed E-state index contributed by atoms with van der Waals surface area (Å²) in [6, 6.07) is 15.5. The molecule has 0 bridgehead atoms. The third-order valence-corrected chi connectivity index (χ3v) is 4.60. The van der Waals surface area contributed by atoms with Gasteiger partial charge < -0.3 is 5.32 Å². The fourth-order valence-corrected chi connectivity index (χ4v) is 2.91. The second kappa shape index (κ2) is 7.76. The molecule has 128 valence electrons. The first-order valence-electron chi connectivity index (χ1n) is 7.80. The molecule has 0 aliphatic carbocycles. The Bertz CT molecular complexity index is 929. The van der Waals surface area contributed by atoms with Gasteiger partial charge in [0.25, 0.3) is 0 Å². The molecule has 1 amide bonds. The van der Waals surface area contributed by atoms with Crippen LogP contribution >= 0.6 is 28.1 Å². The average molecular weight is 417 g/mol. The molecule has 1 heterocycles. The van der Waals surface area contributed by atoms with E-state index in [1.807, 2.05) is 60.0 Å². The first kappa shape index (κ1) is 17.6. The maximum absolute atomic E-state index is 12.2. The normalized spacial score (nSPS) is 10.6. The van der Waals surface area contributed by atoms with Crippen LogP contribution < -0.4 is 5.32 Å². The number of hydrogen-bond donors (Lipinski definition) is 2. The minimum absolute atomic E-state index is 0.0692. The van der Waals surface area contributed by atoms with Crippen LogP contribution in [0.2, 0.25) is 0 Å². The molecule has 0 unspecified atom stereocenters. The Morgan fingerprint density at radius 3 is 2.56 bits per heavy atom. The molecule has 0 aliphatic heterocycles. The van der Waals surface area contributed by atoms with Crippen LogP contribution in [0.3, 0.4) is 0 Å². The van der Waals surface area contributed by atoms with Gasteiger partial charge in [-0.05, 0) is 43.4 Å². The van der Waals surface area contributed by atoms with Crippen LogP contribution in [0.4, 0.5) is 5.69 Å². The summed E-state index contributed by atoms with van der Waals surface area (Å²) in [5.74, 6) is 0.668. The van der Waals surface area contributed by atoms with E-state index in [1.54, 1.807) is 0 Å². The van der Waals surface area contributed by atoms with Crippen molar-refractivity contribution >= 4 is 39.7 Å². The molecule has 2 aromatic carbocycles. The lowest BCUT2D eigenvalue weighted by atomic mass is 10.1. The van der Waals surface area contributed by atoms with E-state index < -0.39 is 0 Å². The third kappa shape index (κ3) is 4.43. The number of aryl methyl sites for hydroxylation is 1.